The first-order valence-electron chi connectivity index (χ1n) is 44.7. The molecule has 3 heteroatoms. The Morgan fingerprint density at radius 1 is 0.302 bits per heavy atom. The minimum atomic E-state index is 0.713. The summed E-state index contributed by atoms with van der Waals surface area (Å²) in [5.41, 5.74) is 19.1. The molecule has 1 fully saturated rings. The number of para-hydroxylation sites is 1. The maximum Gasteiger partial charge on any atom is 0.0921 e. The van der Waals surface area contributed by atoms with E-state index in [4.69, 9.17) is 0 Å². The van der Waals surface area contributed by atoms with Crippen molar-refractivity contribution in [2.24, 2.45) is 59.2 Å². The van der Waals surface area contributed by atoms with Gasteiger partial charge in [-0.2, -0.15) is 0 Å². The van der Waals surface area contributed by atoms with E-state index < -0.39 is 0 Å². The topological polar surface area (TPSA) is 44.5 Å². The van der Waals surface area contributed by atoms with Crippen LogP contribution in [0.15, 0.2) is 292 Å². The van der Waals surface area contributed by atoms with Gasteiger partial charge in [-0.3, -0.25) is 0 Å². The van der Waals surface area contributed by atoms with Crippen molar-refractivity contribution in [2.45, 2.75) is 241 Å². The SMILES string of the molecule is CC(C)CC1CCCCC1.CC(C)CCc1ccc(-c2ccccc2)cc1.CC(C)CCc1ccccc1.CC(C)Cc1cc2ccccc2[nH]1.CC(C)Cc1ccc(-c2ccccc2)cc1.CC(C)Cc1ccc2ccccc2c1.CC(C)Cc1cccc2ccccc12.CC(C)Cc1cnc[nH]1.Cc1ccc(CCC(C)C)cc1. The minimum Gasteiger partial charge on any atom is -0.358 e. The lowest BCUT2D eigenvalue weighted by molar-refractivity contribution is 0.305. The summed E-state index contributed by atoms with van der Waals surface area (Å²) >= 11 is 0. The van der Waals surface area contributed by atoms with Crippen molar-refractivity contribution in [1.29, 1.82) is 0 Å². The lowest BCUT2D eigenvalue weighted by Gasteiger charge is -2.22. The van der Waals surface area contributed by atoms with Crippen molar-refractivity contribution in [3.63, 3.8) is 0 Å². The highest BCUT2D eigenvalue weighted by Crippen LogP contribution is 2.30. The number of hydrogen-bond donors (Lipinski definition) is 2. The van der Waals surface area contributed by atoms with Crippen LogP contribution in [0.2, 0.25) is 0 Å². The van der Waals surface area contributed by atoms with Crippen LogP contribution in [-0.4, -0.2) is 15.0 Å². The Bertz CT molecular complexity index is 4540. The molecule has 0 unspecified atom stereocenters. The van der Waals surface area contributed by atoms with Crippen molar-refractivity contribution in [3.8, 4) is 22.3 Å². The molecule has 0 radical (unpaired) electrons. The van der Waals surface area contributed by atoms with Gasteiger partial charge in [0.05, 0.1) is 6.33 Å². The van der Waals surface area contributed by atoms with Crippen LogP contribution in [0.25, 0.3) is 54.7 Å². The normalized spacial score (nSPS) is 11.8. The van der Waals surface area contributed by atoms with Crippen molar-refractivity contribution in [2.75, 3.05) is 0 Å². The van der Waals surface area contributed by atoms with Crippen molar-refractivity contribution < 1.29 is 0 Å². The monoisotopic (exact) mass is 1550 g/mol. The standard InChI is InChI=1S/C17H20.C16H18.2C14H16.C12H15N.C12H18.C11H16.C10H20.C7H12N2/c1-14(2)8-9-15-10-12-17(13-11-15)16-6-4-3-5-7-16;1-13(2)12-14-8-10-16(11-9-14)15-6-4-3-5-7-15;1-11(2)10-13-8-5-7-12-6-3-4-9-14(12)13;1-11(2)9-12-7-8-13-5-3-4-6-14(13)10-12;1-9(2)7-11-8-10-5-3-4-6-12(10)13-11;1-10(2)4-7-12-8-5-11(3)6-9-12;1-10(2)8-9-11-6-4-3-5-7-11;1-9(2)8-10-6-4-3-5-7-10;1-6(2)3-7-4-8-5-9-7/h3-7,10-14H,8-9H2,1-2H3;3-11,13H,12H2,1-2H3;3-9,11H,10H2,1-2H3;3-8,10-11H,9H2,1-2H3;3-6,8-9,13H,7H2,1-2H3;5-6,8-10H,4,7H2,1-3H3;3-7,10H,8-9H2,1-2H3;9-10H,3-8H2,1-2H3;4-6H,3H2,1-2H3,(H,8,9). The number of aromatic amines is 2. The van der Waals surface area contributed by atoms with Crippen LogP contribution < -0.4 is 0 Å². The molecule has 0 saturated heterocycles. The molecule has 1 aliphatic carbocycles. The van der Waals surface area contributed by atoms with Gasteiger partial charge in [-0.05, 0) is 238 Å². The number of aryl methyl sites for hydroxylation is 4. The average Bonchev–Trinajstić information content (AvgIpc) is 1.46. The van der Waals surface area contributed by atoms with E-state index in [0.717, 1.165) is 66.6 Å². The third-order valence-corrected chi connectivity index (χ3v) is 20.7. The van der Waals surface area contributed by atoms with Gasteiger partial charge in [-0.25, -0.2) is 4.98 Å². The zero-order valence-corrected chi connectivity index (χ0v) is 75.5. The second kappa shape index (κ2) is 54.6. The van der Waals surface area contributed by atoms with Crippen LogP contribution in [0.5, 0.6) is 0 Å². The Labute approximate surface area is 706 Å². The van der Waals surface area contributed by atoms with Gasteiger partial charge in [0.2, 0.25) is 0 Å². The fourth-order valence-electron chi connectivity index (χ4n) is 14.6. The molecule has 2 aromatic heterocycles. The van der Waals surface area contributed by atoms with Crippen LogP contribution in [-0.2, 0) is 51.4 Å². The number of benzene rings is 11. The Morgan fingerprint density at radius 2 is 0.707 bits per heavy atom. The van der Waals surface area contributed by atoms with Gasteiger partial charge in [0, 0.05) is 23.1 Å². The third kappa shape index (κ3) is 40.5. The van der Waals surface area contributed by atoms with Gasteiger partial charge in [-0.1, -0.05) is 429 Å². The number of hydrogen-bond acceptors (Lipinski definition) is 1. The first-order chi connectivity index (χ1) is 55.8. The second-order valence-electron chi connectivity index (χ2n) is 36.3. The molecule has 0 aliphatic heterocycles. The van der Waals surface area contributed by atoms with Crippen LogP contribution in [0, 0.1) is 66.1 Å². The number of imidazole rings is 1. The number of H-pyrrole nitrogens is 2. The number of nitrogens with one attached hydrogen (secondary N) is 2. The molecule has 0 atom stereocenters. The Kier molecular flexibility index (Phi) is 44.9. The molecule has 3 nitrogen and oxygen atoms in total. The second-order valence-corrected chi connectivity index (χ2v) is 36.3. The molecule has 1 saturated carbocycles. The highest BCUT2D eigenvalue weighted by molar-refractivity contribution is 5.86. The maximum absolute atomic E-state index is 3.92. The summed E-state index contributed by atoms with van der Waals surface area (Å²) in [6.07, 6.45) is 25.8. The molecule has 2 N–H and O–H groups in total. The van der Waals surface area contributed by atoms with Crippen molar-refractivity contribution in [1.82, 2.24) is 15.0 Å². The lowest BCUT2D eigenvalue weighted by Crippen LogP contribution is -2.08. The number of fused-ring (bicyclic) bond motifs is 3. The summed E-state index contributed by atoms with van der Waals surface area (Å²) in [6.45, 7) is 42.9. The van der Waals surface area contributed by atoms with Gasteiger partial charge in [-0.15, -0.1) is 0 Å². The molecule has 0 spiro atoms. The van der Waals surface area contributed by atoms with E-state index in [1.807, 2.05) is 6.20 Å². The smallest absolute Gasteiger partial charge is 0.0921 e. The summed E-state index contributed by atoms with van der Waals surface area (Å²) < 4.78 is 0. The summed E-state index contributed by atoms with van der Waals surface area (Å²) in [5.74, 6) is 8.01. The van der Waals surface area contributed by atoms with Gasteiger partial charge in [0.1, 0.15) is 0 Å². The molecule has 0 bridgehead atoms. The molecule has 11 aromatic carbocycles. The van der Waals surface area contributed by atoms with Crippen molar-refractivity contribution in [3.05, 3.63) is 342 Å². The highest BCUT2D eigenvalue weighted by Gasteiger charge is 2.14. The molecule has 1 aliphatic rings. The molecular weight excluding hydrogens is 1400 g/mol. The van der Waals surface area contributed by atoms with E-state index in [9.17, 15) is 0 Å². The van der Waals surface area contributed by atoms with Gasteiger partial charge < -0.3 is 9.97 Å². The zero-order valence-electron chi connectivity index (χ0n) is 75.5. The van der Waals surface area contributed by atoms with E-state index in [2.05, 4.69) is 426 Å². The quantitative estimate of drug-likeness (QED) is 0.0659. The molecular formula is C113H151N3. The van der Waals surface area contributed by atoms with Crippen LogP contribution in [0.4, 0.5) is 0 Å². The Balaban J connectivity index is 0.000000204. The zero-order chi connectivity index (χ0) is 83.8. The number of aromatic nitrogens is 3. The van der Waals surface area contributed by atoms with Gasteiger partial charge in [0.25, 0.3) is 0 Å². The largest absolute Gasteiger partial charge is 0.358 e. The van der Waals surface area contributed by atoms with Crippen LogP contribution in [0.1, 0.15) is 233 Å². The van der Waals surface area contributed by atoms with E-state index in [0.29, 0.717) is 11.8 Å². The van der Waals surface area contributed by atoms with E-state index in [-0.39, 0.29) is 0 Å². The first kappa shape index (κ1) is 95.5. The third-order valence-electron chi connectivity index (χ3n) is 20.7. The Morgan fingerprint density at radius 3 is 1.19 bits per heavy atom. The molecule has 2 heterocycles. The molecule has 14 rings (SSSR count). The van der Waals surface area contributed by atoms with Crippen LogP contribution >= 0.6 is 0 Å². The fraction of sp³-hybridized carbons (Fsp3) is 0.407. The maximum atomic E-state index is 3.92. The highest BCUT2D eigenvalue weighted by atomic mass is 14.9. The first-order valence-corrected chi connectivity index (χ1v) is 44.7. The average molecular weight is 1550 g/mol. The molecule has 618 valence electrons. The van der Waals surface area contributed by atoms with E-state index in [1.165, 1.54) is 195 Å². The van der Waals surface area contributed by atoms with E-state index >= 15 is 0 Å². The molecule has 0 amide bonds. The minimum absolute atomic E-state index is 0.713. The summed E-state index contributed by atoms with van der Waals surface area (Å²) in [4.78, 5) is 10.4. The van der Waals surface area contributed by atoms with Gasteiger partial charge >= 0.3 is 0 Å². The summed E-state index contributed by atoms with van der Waals surface area (Å²) in [6, 6.07) is 99.6. The summed E-state index contributed by atoms with van der Waals surface area (Å²) in [7, 11) is 0. The van der Waals surface area contributed by atoms with E-state index in [1.54, 1.807) is 6.33 Å². The predicted molar refractivity (Wildman–Crippen MR) is 514 cm³/mol. The summed E-state index contributed by atoms with van der Waals surface area (Å²) in [5, 5.41) is 6.76. The van der Waals surface area contributed by atoms with Gasteiger partial charge in [0.15, 0.2) is 0 Å². The molecule has 13 aromatic rings. The fourth-order valence-corrected chi connectivity index (χ4v) is 14.6. The predicted octanol–water partition coefficient (Wildman–Crippen LogP) is 33.0. The lowest BCUT2D eigenvalue weighted by atomic mass is 9.84. The molecule has 116 heavy (non-hydrogen) atoms. The number of nitrogens with zero attached hydrogens (tertiary/aromatic N) is 1. The van der Waals surface area contributed by atoms with Crippen LogP contribution in [0.3, 0.4) is 0 Å². The number of rotatable bonds is 23. The Hall–Kier alpha value is -9.31. The van der Waals surface area contributed by atoms with Crippen molar-refractivity contribution >= 4 is 32.4 Å².